The molecule has 2 aromatic carbocycles. The normalized spacial score (nSPS) is 13.6. The average molecular weight is 418 g/mol. The Kier molecular flexibility index (Phi) is 7.76. The van der Waals surface area contributed by atoms with Gasteiger partial charge in [0.2, 0.25) is 0 Å². The second-order valence-corrected chi connectivity index (χ2v) is 7.31. The van der Waals surface area contributed by atoms with Gasteiger partial charge in [-0.05, 0) is 42.2 Å². The van der Waals surface area contributed by atoms with Crippen LogP contribution in [0.15, 0.2) is 73.1 Å². The summed E-state index contributed by atoms with van der Waals surface area (Å²) in [5, 5.41) is 6.89. The van der Waals surface area contributed by atoms with Gasteiger partial charge >= 0.3 is 0 Å². The molecule has 1 saturated heterocycles. The van der Waals surface area contributed by atoms with E-state index in [0.717, 1.165) is 49.3 Å². The monoisotopic (exact) mass is 417 g/mol. The summed E-state index contributed by atoms with van der Waals surface area (Å²) in [6.45, 7) is 5.14. The zero-order chi connectivity index (χ0) is 22.1. The van der Waals surface area contributed by atoms with Crippen molar-refractivity contribution in [2.45, 2.75) is 13.3 Å². The molecule has 0 unspecified atom stereocenters. The summed E-state index contributed by atoms with van der Waals surface area (Å²) in [5.74, 6) is 0.118. The first kappa shape index (κ1) is 22.0. The van der Waals surface area contributed by atoms with Crippen molar-refractivity contribution in [3.63, 3.8) is 0 Å². The maximum atomic E-state index is 13.4. The molecule has 1 N–H and O–H groups in total. The summed E-state index contributed by atoms with van der Waals surface area (Å²) >= 11 is 0. The summed E-state index contributed by atoms with van der Waals surface area (Å²) in [6.07, 6.45) is 4.70. The number of aromatic nitrogens is 1. The minimum atomic E-state index is -0.250. The SMILES string of the molecule is Cc1cnccc1N1CCCN(C(=O)c2ccccc2-c2ccccc2)CC1.O=CO. The molecule has 0 spiro atoms. The van der Waals surface area contributed by atoms with E-state index in [4.69, 9.17) is 9.90 Å². The maximum absolute atomic E-state index is 13.4. The fourth-order valence-electron chi connectivity index (χ4n) is 3.89. The Morgan fingerprint density at radius 3 is 2.42 bits per heavy atom. The molecule has 6 heteroatoms. The third kappa shape index (κ3) is 5.48. The van der Waals surface area contributed by atoms with Crippen LogP contribution in [0.25, 0.3) is 11.1 Å². The minimum absolute atomic E-state index is 0.118. The minimum Gasteiger partial charge on any atom is -0.483 e. The van der Waals surface area contributed by atoms with Gasteiger partial charge in [-0.15, -0.1) is 0 Å². The second-order valence-electron chi connectivity index (χ2n) is 7.31. The van der Waals surface area contributed by atoms with Crippen LogP contribution in [-0.4, -0.2) is 53.5 Å². The van der Waals surface area contributed by atoms with Crippen LogP contribution in [0, 0.1) is 6.92 Å². The first-order chi connectivity index (χ1) is 15.2. The lowest BCUT2D eigenvalue weighted by molar-refractivity contribution is -0.122. The molecule has 31 heavy (non-hydrogen) atoms. The number of benzene rings is 2. The Morgan fingerprint density at radius 2 is 1.68 bits per heavy atom. The molecule has 2 heterocycles. The Morgan fingerprint density at radius 1 is 0.968 bits per heavy atom. The number of aryl methyl sites for hydroxylation is 1. The summed E-state index contributed by atoms with van der Waals surface area (Å²) in [6, 6.07) is 20.1. The van der Waals surface area contributed by atoms with E-state index in [9.17, 15) is 4.79 Å². The van der Waals surface area contributed by atoms with Crippen LogP contribution in [-0.2, 0) is 4.79 Å². The molecule has 1 aliphatic heterocycles. The molecule has 3 aromatic rings. The maximum Gasteiger partial charge on any atom is 0.290 e. The summed E-state index contributed by atoms with van der Waals surface area (Å²) < 4.78 is 0. The average Bonchev–Trinajstić information content (AvgIpc) is 3.06. The van der Waals surface area contributed by atoms with Gasteiger partial charge in [0.15, 0.2) is 0 Å². The van der Waals surface area contributed by atoms with E-state index >= 15 is 0 Å². The van der Waals surface area contributed by atoms with Crippen molar-refractivity contribution in [1.82, 2.24) is 9.88 Å². The molecular weight excluding hydrogens is 390 g/mol. The molecule has 0 radical (unpaired) electrons. The highest BCUT2D eigenvalue weighted by molar-refractivity contribution is 6.01. The number of hydrogen-bond acceptors (Lipinski definition) is 4. The van der Waals surface area contributed by atoms with Gasteiger partial charge in [0.05, 0.1) is 0 Å². The quantitative estimate of drug-likeness (QED) is 0.649. The van der Waals surface area contributed by atoms with Gasteiger partial charge < -0.3 is 14.9 Å². The molecule has 1 amide bonds. The van der Waals surface area contributed by atoms with Crippen LogP contribution in [0.3, 0.4) is 0 Å². The van der Waals surface area contributed by atoms with E-state index < -0.39 is 0 Å². The van der Waals surface area contributed by atoms with Crippen LogP contribution in [0.5, 0.6) is 0 Å². The molecule has 0 saturated carbocycles. The van der Waals surface area contributed by atoms with E-state index in [-0.39, 0.29) is 12.4 Å². The number of hydrogen-bond donors (Lipinski definition) is 1. The number of carboxylic acid groups (broad SMARTS) is 1. The zero-order valence-electron chi connectivity index (χ0n) is 17.6. The number of pyridine rings is 1. The van der Waals surface area contributed by atoms with Gasteiger partial charge in [-0.3, -0.25) is 14.6 Å². The first-order valence-electron chi connectivity index (χ1n) is 10.3. The predicted molar refractivity (Wildman–Crippen MR) is 122 cm³/mol. The van der Waals surface area contributed by atoms with Gasteiger partial charge in [-0.25, -0.2) is 0 Å². The fraction of sp³-hybridized carbons (Fsp3) is 0.240. The van der Waals surface area contributed by atoms with Crippen molar-refractivity contribution in [3.8, 4) is 11.1 Å². The van der Waals surface area contributed by atoms with Crippen molar-refractivity contribution >= 4 is 18.1 Å². The fourth-order valence-corrected chi connectivity index (χ4v) is 3.89. The molecule has 160 valence electrons. The number of carbonyl (C=O) groups excluding carboxylic acids is 1. The number of amides is 1. The van der Waals surface area contributed by atoms with E-state index in [1.165, 1.54) is 11.3 Å². The van der Waals surface area contributed by atoms with Gasteiger partial charge in [0, 0.05) is 49.8 Å². The number of nitrogens with zero attached hydrogens (tertiary/aromatic N) is 3. The van der Waals surface area contributed by atoms with Crippen LogP contribution >= 0.6 is 0 Å². The van der Waals surface area contributed by atoms with Crippen molar-refractivity contribution in [3.05, 3.63) is 84.2 Å². The standard InChI is InChI=1S/C24H25N3O.CH2O2/c1-19-18-25-13-12-23(19)26-14-7-15-27(17-16-26)24(28)22-11-6-5-10-21(22)20-8-3-2-4-9-20;2-1-3/h2-6,8-13,18H,7,14-17H2,1H3;1H,(H,2,3). The second kappa shape index (κ2) is 10.9. The van der Waals surface area contributed by atoms with Crippen molar-refractivity contribution in [2.75, 3.05) is 31.1 Å². The van der Waals surface area contributed by atoms with Crippen LogP contribution in [0.1, 0.15) is 22.3 Å². The molecule has 1 aliphatic rings. The largest absolute Gasteiger partial charge is 0.483 e. The molecule has 0 aliphatic carbocycles. The van der Waals surface area contributed by atoms with Crippen molar-refractivity contribution in [2.24, 2.45) is 0 Å². The Balaban J connectivity index is 0.000000858. The number of anilines is 1. The van der Waals surface area contributed by atoms with E-state index in [0.29, 0.717) is 0 Å². The molecule has 0 bridgehead atoms. The summed E-state index contributed by atoms with van der Waals surface area (Å²) in [4.78, 5) is 30.3. The first-order valence-corrected chi connectivity index (χ1v) is 10.3. The summed E-state index contributed by atoms with van der Waals surface area (Å²) in [7, 11) is 0. The molecule has 0 atom stereocenters. The van der Waals surface area contributed by atoms with E-state index in [1.54, 1.807) is 0 Å². The third-order valence-corrected chi connectivity index (χ3v) is 5.36. The Bertz CT molecular complexity index is 1010. The lowest BCUT2D eigenvalue weighted by Gasteiger charge is -2.25. The van der Waals surface area contributed by atoms with Gasteiger partial charge in [-0.1, -0.05) is 48.5 Å². The van der Waals surface area contributed by atoms with Crippen molar-refractivity contribution in [1.29, 1.82) is 0 Å². The van der Waals surface area contributed by atoms with Gasteiger partial charge in [0.1, 0.15) is 0 Å². The predicted octanol–water partition coefficient (Wildman–Crippen LogP) is 4.11. The zero-order valence-corrected chi connectivity index (χ0v) is 17.6. The highest BCUT2D eigenvalue weighted by atomic mass is 16.3. The molecule has 4 rings (SSSR count). The highest BCUT2D eigenvalue weighted by Gasteiger charge is 2.23. The van der Waals surface area contributed by atoms with E-state index in [2.05, 4.69) is 35.0 Å². The van der Waals surface area contributed by atoms with Crippen molar-refractivity contribution < 1.29 is 14.7 Å². The molecule has 1 fully saturated rings. The molecule has 1 aromatic heterocycles. The van der Waals surface area contributed by atoms with E-state index in [1.807, 2.05) is 59.8 Å². The van der Waals surface area contributed by atoms with Gasteiger partial charge in [-0.2, -0.15) is 0 Å². The lowest BCUT2D eigenvalue weighted by Crippen LogP contribution is -2.35. The van der Waals surface area contributed by atoms with Crippen LogP contribution in [0.2, 0.25) is 0 Å². The Labute approximate surface area is 182 Å². The highest BCUT2D eigenvalue weighted by Crippen LogP contribution is 2.26. The molecular formula is C25H27N3O3. The van der Waals surface area contributed by atoms with Crippen LogP contribution in [0.4, 0.5) is 5.69 Å². The van der Waals surface area contributed by atoms with Crippen LogP contribution < -0.4 is 4.90 Å². The summed E-state index contributed by atoms with van der Waals surface area (Å²) in [5.41, 5.74) is 5.25. The Hall–Kier alpha value is -3.67. The number of carbonyl (C=O) groups is 2. The molecule has 6 nitrogen and oxygen atoms in total. The number of rotatable bonds is 3. The van der Waals surface area contributed by atoms with Gasteiger partial charge in [0.25, 0.3) is 12.4 Å². The third-order valence-electron chi connectivity index (χ3n) is 5.36. The smallest absolute Gasteiger partial charge is 0.290 e. The topological polar surface area (TPSA) is 73.7 Å². The lowest BCUT2D eigenvalue weighted by atomic mass is 9.99.